The third kappa shape index (κ3) is 5.57. The molecule has 1 aromatic carbocycles. The lowest BCUT2D eigenvalue weighted by Gasteiger charge is -2.09. The van der Waals surface area contributed by atoms with Crippen molar-refractivity contribution >= 4 is 23.1 Å². The molecule has 0 aliphatic rings. The molecule has 0 saturated carbocycles. The Kier molecular flexibility index (Phi) is 6.05. The Hall–Kier alpha value is -2.65. The fourth-order valence-electron chi connectivity index (χ4n) is 1.57. The molecule has 0 unspecified atom stereocenters. The van der Waals surface area contributed by atoms with Crippen LogP contribution in [0.4, 0.5) is 24.5 Å². The lowest BCUT2D eigenvalue weighted by molar-refractivity contribution is -0.384. The van der Waals surface area contributed by atoms with Crippen molar-refractivity contribution in [2.75, 3.05) is 12.0 Å². The highest BCUT2D eigenvalue weighted by Gasteiger charge is 2.33. The molecule has 0 saturated heterocycles. The Balaban J connectivity index is 2.96. The van der Waals surface area contributed by atoms with Gasteiger partial charge in [0.2, 0.25) is 0 Å². The minimum atomic E-state index is -4.69. The summed E-state index contributed by atoms with van der Waals surface area (Å²) in [5.41, 5.74) is 0.429. The van der Waals surface area contributed by atoms with Gasteiger partial charge < -0.3 is 4.74 Å². The molecule has 0 heterocycles. The number of nitro benzene ring substituents is 1. The minimum absolute atomic E-state index is 0.144. The predicted octanol–water partition coefficient (Wildman–Crippen LogP) is 3.35. The first-order valence-corrected chi connectivity index (χ1v) is 6.45. The summed E-state index contributed by atoms with van der Waals surface area (Å²) < 4.78 is 42.4. The zero-order valence-electron chi connectivity index (χ0n) is 12.3. The number of carbonyl (C=O) groups excluding carboxylic acids is 1. The van der Waals surface area contributed by atoms with E-state index in [4.69, 9.17) is 4.74 Å². The molecule has 1 rings (SSSR count). The van der Waals surface area contributed by atoms with E-state index in [0.717, 1.165) is 6.07 Å². The lowest BCUT2D eigenvalue weighted by Crippen LogP contribution is -2.10. The van der Waals surface area contributed by atoms with Crippen LogP contribution in [0.3, 0.4) is 0 Å². The van der Waals surface area contributed by atoms with E-state index in [9.17, 15) is 28.1 Å². The summed E-state index contributed by atoms with van der Waals surface area (Å²) in [6.45, 7) is 3.30. The number of anilines is 1. The Morgan fingerprint density at radius 1 is 1.43 bits per heavy atom. The normalized spacial score (nSPS) is 12.0. The molecule has 0 bridgehead atoms. The number of esters is 1. The molecule has 1 aromatic rings. The van der Waals surface area contributed by atoms with E-state index in [-0.39, 0.29) is 24.4 Å². The van der Waals surface area contributed by atoms with Crippen molar-refractivity contribution in [2.24, 2.45) is 5.10 Å². The van der Waals surface area contributed by atoms with Crippen LogP contribution in [0.1, 0.15) is 25.8 Å². The van der Waals surface area contributed by atoms with Gasteiger partial charge in [0.15, 0.2) is 0 Å². The second-order valence-corrected chi connectivity index (χ2v) is 4.43. The highest BCUT2D eigenvalue weighted by atomic mass is 19.4. The number of hydrogen-bond donors (Lipinski definition) is 1. The molecule has 0 aromatic heterocycles. The van der Waals surface area contributed by atoms with Gasteiger partial charge >= 0.3 is 12.1 Å². The Bertz CT molecular complexity index is 629. The van der Waals surface area contributed by atoms with Gasteiger partial charge in [-0.2, -0.15) is 18.3 Å². The number of alkyl halides is 3. The molecule has 23 heavy (non-hydrogen) atoms. The van der Waals surface area contributed by atoms with Crippen LogP contribution in [-0.2, 0) is 15.7 Å². The molecule has 0 aliphatic heterocycles. The minimum Gasteiger partial charge on any atom is -0.466 e. The summed E-state index contributed by atoms with van der Waals surface area (Å²) in [6.07, 6.45) is -4.83. The standard InChI is InChI=1S/C13H14F3N3O4/c1-3-23-12(20)6-8(2)17-18-10-5-4-9(13(14,15)16)7-11(10)19(21)22/h4-5,7,18H,3,6H2,1-2H3/b17-8-. The first kappa shape index (κ1) is 18.4. The maximum absolute atomic E-state index is 12.6. The van der Waals surface area contributed by atoms with Gasteiger partial charge in [0.1, 0.15) is 5.69 Å². The van der Waals surface area contributed by atoms with E-state index in [1.165, 1.54) is 6.92 Å². The first-order chi connectivity index (χ1) is 10.6. The molecule has 10 heteroatoms. The number of hydrazone groups is 1. The maximum atomic E-state index is 12.6. The van der Waals surface area contributed by atoms with E-state index in [0.29, 0.717) is 12.1 Å². The smallest absolute Gasteiger partial charge is 0.416 e. The fraction of sp³-hybridized carbons (Fsp3) is 0.385. The van der Waals surface area contributed by atoms with Crippen molar-refractivity contribution in [3.8, 4) is 0 Å². The van der Waals surface area contributed by atoms with Gasteiger partial charge in [-0.15, -0.1) is 0 Å². The number of carbonyl (C=O) groups is 1. The molecular weight excluding hydrogens is 319 g/mol. The van der Waals surface area contributed by atoms with E-state index in [1.54, 1.807) is 6.92 Å². The van der Waals surface area contributed by atoms with Crippen LogP contribution in [0.5, 0.6) is 0 Å². The van der Waals surface area contributed by atoms with E-state index < -0.39 is 28.3 Å². The zero-order valence-corrected chi connectivity index (χ0v) is 12.3. The fourth-order valence-corrected chi connectivity index (χ4v) is 1.57. The van der Waals surface area contributed by atoms with Crippen LogP contribution >= 0.6 is 0 Å². The van der Waals surface area contributed by atoms with Crippen molar-refractivity contribution in [3.63, 3.8) is 0 Å². The monoisotopic (exact) mass is 333 g/mol. The molecule has 0 atom stereocenters. The molecular formula is C13H14F3N3O4. The molecule has 0 amide bonds. The maximum Gasteiger partial charge on any atom is 0.416 e. The molecule has 0 aliphatic carbocycles. The van der Waals surface area contributed by atoms with Gasteiger partial charge in [-0.05, 0) is 26.0 Å². The van der Waals surface area contributed by atoms with Gasteiger partial charge in [0, 0.05) is 11.8 Å². The molecule has 7 nitrogen and oxygen atoms in total. The quantitative estimate of drug-likeness (QED) is 0.373. The number of hydrogen-bond acceptors (Lipinski definition) is 6. The van der Waals surface area contributed by atoms with Crippen molar-refractivity contribution in [1.29, 1.82) is 0 Å². The Labute approximate surface area is 129 Å². The molecule has 0 fully saturated rings. The van der Waals surface area contributed by atoms with Crippen molar-refractivity contribution < 1.29 is 27.6 Å². The van der Waals surface area contributed by atoms with Gasteiger partial charge in [-0.3, -0.25) is 20.3 Å². The van der Waals surface area contributed by atoms with E-state index in [1.807, 2.05) is 0 Å². The van der Waals surface area contributed by atoms with Crippen LogP contribution in [0, 0.1) is 10.1 Å². The van der Waals surface area contributed by atoms with Crippen LogP contribution in [-0.4, -0.2) is 23.2 Å². The molecule has 0 spiro atoms. The van der Waals surface area contributed by atoms with Gasteiger partial charge in [0.25, 0.3) is 5.69 Å². The van der Waals surface area contributed by atoms with Gasteiger partial charge in [-0.25, -0.2) is 0 Å². The Morgan fingerprint density at radius 2 is 2.09 bits per heavy atom. The van der Waals surface area contributed by atoms with Crippen LogP contribution in [0.25, 0.3) is 0 Å². The molecule has 1 N–H and O–H groups in total. The number of nitrogens with zero attached hydrogens (tertiary/aromatic N) is 2. The van der Waals surface area contributed by atoms with Gasteiger partial charge in [-0.1, -0.05) is 0 Å². The number of halogens is 3. The van der Waals surface area contributed by atoms with Crippen molar-refractivity contribution in [2.45, 2.75) is 26.4 Å². The van der Waals surface area contributed by atoms with Gasteiger partial charge in [0.05, 0.1) is 23.5 Å². The highest BCUT2D eigenvalue weighted by Crippen LogP contribution is 2.34. The molecule has 126 valence electrons. The Morgan fingerprint density at radius 3 is 2.61 bits per heavy atom. The number of rotatable bonds is 6. The second-order valence-electron chi connectivity index (χ2n) is 4.43. The summed E-state index contributed by atoms with van der Waals surface area (Å²) in [6, 6.07) is 2.02. The second kappa shape index (κ2) is 7.56. The SMILES string of the molecule is CCOC(=O)C/C(C)=N\Nc1ccc(C(F)(F)F)cc1[N+](=O)[O-]. The first-order valence-electron chi connectivity index (χ1n) is 6.45. The third-order valence-electron chi connectivity index (χ3n) is 2.59. The van der Waals surface area contributed by atoms with Crippen LogP contribution in [0.15, 0.2) is 23.3 Å². The summed E-state index contributed by atoms with van der Waals surface area (Å²) in [4.78, 5) is 21.2. The van der Waals surface area contributed by atoms with E-state index in [2.05, 4.69) is 10.5 Å². The average Bonchev–Trinajstić information content (AvgIpc) is 2.44. The summed E-state index contributed by atoms with van der Waals surface area (Å²) >= 11 is 0. The summed E-state index contributed by atoms with van der Waals surface area (Å²) in [7, 11) is 0. The van der Waals surface area contributed by atoms with E-state index >= 15 is 0 Å². The predicted molar refractivity (Wildman–Crippen MR) is 76.1 cm³/mol. The zero-order chi connectivity index (χ0) is 17.6. The average molecular weight is 333 g/mol. The number of nitro groups is 1. The molecule has 0 radical (unpaired) electrons. The number of benzene rings is 1. The van der Waals surface area contributed by atoms with Crippen molar-refractivity contribution in [1.82, 2.24) is 0 Å². The summed E-state index contributed by atoms with van der Waals surface area (Å²) in [5.74, 6) is -0.530. The topological polar surface area (TPSA) is 93.8 Å². The number of ether oxygens (including phenoxy) is 1. The third-order valence-corrected chi connectivity index (χ3v) is 2.59. The lowest BCUT2D eigenvalue weighted by atomic mass is 10.1. The largest absolute Gasteiger partial charge is 0.466 e. The van der Waals surface area contributed by atoms with Crippen LogP contribution in [0.2, 0.25) is 0 Å². The van der Waals surface area contributed by atoms with Crippen LogP contribution < -0.4 is 5.43 Å². The number of nitrogens with one attached hydrogen (secondary N) is 1. The van der Waals surface area contributed by atoms with Crippen molar-refractivity contribution in [3.05, 3.63) is 33.9 Å². The summed E-state index contributed by atoms with van der Waals surface area (Å²) in [5, 5.41) is 14.6. The highest BCUT2D eigenvalue weighted by molar-refractivity contribution is 5.97.